The first-order chi connectivity index (χ1) is 8.70. The Balaban J connectivity index is 1.93. The van der Waals surface area contributed by atoms with Crippen molar-refractivity contribution in [3.63, 3.8) is 0 Å². The van der Waals surface area contributed by atoms with Crippen LogP contribution in [0.4, 0.5) is 0 Å². The SMILES string of the molecule is COCC1CCN(C(=O)c2ccc(Br)cc2)CC1. The summed E-state index contributed by atoms with van der Waals surface area (Å²) in [6.07, 6.45) is 2.08. The van der Waals surface area contributed by atoms with Crippen LogP contribution >= 0.6 is 15.9 Å². The lowest BCUT2D eigenvalue weighted by atomic mass is 9.97. The summed E-state index contributed by atoms with van der Waals surface area (Å²) in [5, 5.41) is 0. The van der Waals surface area contributed by atoms with Gasteiger partial charge >= 0.3 is 0 Å². The average molecular weight is 312 g/mol. The van der Waals surface area contributed by atoms with E-state index in [4.69, 9.17) is 4.74 Å². The third-order valence-corrected chi connectivity index (χ3v) is 3.92. The first kappa shape index (κ1) is 13.6. The summed E-state index contributed by atoms with van der Waals surface area (Å²) >= 11 is 3.38. The van der Waals surface area contributed by atoms with Crippen molar-refractivity contribution in [1.29, 1.82) is 0 Å². The fourth-order valence-electron chi connectivity index (χ4n) is 2.31. The molecule has 1 aromatic rings. The van der Waals surface area contributed by atoms with Crippen LogP contribution in [0.15, 0.2) is 28.7 Å². The van der Waals surface area contributed by atoms with Gasteiger partial charge in [0, 0.05) is 36.8 Å². The molecule has 0 saturated carbocycles. The summed E-state index contributed by atoms with van der Waals surface area (Å²) in [5.41, 5.74) is 0.767. The molecule has 1 amide bonds. The third-order valence-electron chi connectivity index (χ3n) is 3.40. The van der Waals surface area contributed by atoms with Crippen molar-refractivity contribution < 1.29 is 9.53 Å². The van der Waals surface area contributed by atoms with Crippen molar-refractivity contribution in [2.45, 2.75) is 12.8 Å². The first-order valence-electron chi connectivity index (χ1n) is 6.24. The molecule has 1 aliphatic heterocycles. The second-order valence-corrected chi connectivity index (χ2v) is 5.61. The van der Waals surface area contributed by atoms with E-state index in [1.807, 2.05) is 29.2 Å². The van der Waals surface area contributed by atoms with Gasteiger partial charge in [-0.25, -0.2) is 0 Å². The van der Waals surface area contributed by atoms with Gasteiger partial charge in [-0.2, -0.15) is 0 Å². The number of ether oxygens (including phenoxy) is 1. The van der Waals surface area contributed by atoms with Crippen LogP contribution in [0.25, 0.3) is 0 Å². The fourth-order valence-corrected chi connectivity index (χ4v) is 2.58. The standard InChI is InChI=1S/C14H18BrNO2/c1-18-10-11-6-8-16(9-7-11)14(17)12-2-4-13(15)5-3-12/h2-5,11H,6-10H2,1H3. The summed E-state index contributed by atoms with van der Waals surface area (Å²) in [4.78, 5) is 14.2. The van der Waals surface area contributed by atoms with Gasteiger partial charge in [-0.1, -0.05) is 15.9 Å². The molecular formula is C14H18BrNO2. The van der Waals surface area contributed by atoms with Gasteiger partial charge in [-0.15, -0.1) is 0 Å². The highest BCUT2D eigenvalue weighted by atomic mass is 79.9. The van der Waals surface area contributed by atoms with Gasteiger partial charge in [0.25, 0.3) is 5.91 Å². The number of amides is 1. The molecule has 0 unspecified atom stereocenters. The molecule has 1 heterocycles. The summed E-state index contributed by atoms with van der Waals surface area (Å²) < 4.78 is 6.16. The minimum absolute atomic E-state index is 0.137. The molecule has 0 atom stereocenters. The maximum absolute atomic E-state index is 12.3. The van der Waals surface area contributed by atoms with E-state index in [1.54, 1.807) is 7.11 Å². The molecule has 18 heavy (non-hydrogen) atoms. The van der Waals surface area contributed by atoms with Crippen molar-refractivity contribution in [2.24, 2.45) is 5.92 Å². The van der Waals surface area contributed by atoms with Gasteiger partial charge in [0.15, 0.2) is 0 Å². The number of carbonyl (C=O) groups excluding carboxylic acids is 1. The Morgan fingerprint density at radius 1 is 1.33 bits per heavy atom. The first-order valence-corrected chi connectivity index (χ1v) is 7.04. The Hall–Kier alpha value is -0.870. The van der Waals surface area contributed by atoms with E-state index < -0.39 is 0 Å². The molecule has 1 fully saturated rings. The molecule has 0 spiro atoms. The Morgan fingerprint density at radius 3 is 2.50 bits per heavy atom. The Kier molecular flexibility index (Phi) is 4.78. The van der Waals surface area contributed by atoms with Gasteiger partial charge in [0.1, 0.15) is 0 Å². The van der Waals surface area contributed by atoms with Crippen LogP contribution in [0.5, 0.6) is 0 Å². The second kappa shape index (κ2) is 6.34. The quantitative estimate of drug-likeness (QED) is 0.859. The number of carbonyl (C=O) groups is 1. The average Bonchev–Trinajstić information content (AvgIpc) is 2.40. The third kappa shape index (κ3) is 3.33. The Labute approximate surface area is 116 Å². The van der Waals surface area contributed by atoms with Crippen molar-refractivity contribution in [2.75, 3.05) is 26.8 Å². The topological polar surface area (TPSA) is 29.5 Å². The van der Waals surface area contributed by atoms with Crippen molar-refractivity contribution in [1.82, 2.24) is 4.90 Å². The van der Waals surface area contributed by atoms with E-state index in [0.717, 1.165) is 42.6 Å². The van der Waals surface area contributed by atoms with Gasteiger partial charge in [-0.05, 0) is 43.0 Å². The van der Waals surface area contributed by atoms with Crippen LogP contribution in [0.1, 0.15) is 23.2 Å². The van der Waals surface area contributed by atoms with E-state index in [-0.39, 0.29) is 5.91 Å². The number of halogens is 1. The van der Waals surface area contributed by atoms with E-state index in [9.17, 15) is 4.79 Å². The molecule has 0 radical (unpaired) electrons. The highest BCUT2D eigenvalue weighted by Crippen LogP contribution is 2.20. The predicted octanol–water partition coefficient (Wildman–Crippen LogP) is 2.95. The van der Waals surface area contributed by atoms with Crippen LogP contribution in [-0.2, 0) is 4.74 Å². The number of benzene rings is 1. The molecule has 3 nitrogen and oxygen atoms in total. The van der Waals surface area contributed by atoms with Gasteiger partial charge < -0.3 is 9.64 Å². The maximum atomic E-state index is 12.3. The molecular weight excluding hydrogens is 294 g/mol. The molecule has 4 heteroatoms. The maximum Gasteiger partial charge on any atom is 0.253 e. The van der Waals surface area contributed by atoms with E-state index in [2.05, 4.69) is 15.9 Å². The zero-order chi connectivity index (χ0) is 13.0. The van der Waals surface area contributed by atoms with Crippen LogP contribution in [0, 0.1) is 5.92 Å². The van der Waals surface area contributed by atoms with Crippen LogP contribution in [-0.4, -0.2) is 37.6 Å². The largest absolute Gasteiger partial charge is 0.384 e. The van der Waals surface area contributed by atoms with Gasteiger partial charge in [-0.3, -0.25) is 4.79 Å². The molecule has 0 aliphatic carbocycles. The minimum atomic E-state index is 0.137. The zero-order valence-electron chi connectivity index (χ0n) is 10.6. The zero-order valence-corrected chi connectivity index (χ0v) is 12.1. The second-order valence-electron chi connectivity index (χ2n) is 4.70. The molecule has 1 aromatic carbocycles. The molecule has 1 aliphatic rings. The summed E-state index contributed by atoms with van der Waals surface area (Å²) in [7, 11) is 1.74. The summed E-state index contributed by atoms with van der Waals surface area (Å²) in [6, 6.07) is 7.55. The normalized spacial score (nSPS) is 16.9. The highest BCUT2D eigenvalue weighted by molar-refractivity contribution is 9.10. The van der Waals surface area contributed by atoms with Crippen LogP contribution in [0.2, 0.25) is 0 Å². The Bertz CT molecular complexity index is 397. The Morgan fingerprint density at radius 2 is 1.94 bits per heavy atom. The monoisotopic (exact) mass is 311 g/mol. The van der Waals surface area contributed by atoms with E-state index >= 15 is 0 Å². The number of nitrogens with zero attached hydrogens (tertiary/aromatic N) is 1. The molecule has 2 rings (SSSR count). The van der Waals surface area contributed by atoms with Crippen molar-refractivity contribution >= 4 is 21.8 Å². The van der Waals surface area contributed by atoms with Crippen LogP contribution < -0.4 is 0 Å². The summed E-state index contributed by atoms with van der Waals surface area (Å²) in [5.74, 6) is 0.738. The number of hydrogen-bond acceptors (Lipinski definition) is 2. The molecule has 0 aromatic heterocycles. The number of methoxy groups -OCH3 is 1. The van der Waals surface area contributed by atoms with E-state index in [1.165, 1.54) is 0 Å². The smallest absolute Gasteiger partial charge is 0.253 e. The van der Waals surface area contributed by atoms with E-state index in [0.29, 0.717) is 5.92 Å². The lowest BCUT2D eigenvalue weighted by Crippen LogP contribution is -2.39. The number of rotatable bonds is 3. The summed E-state index contributed by atoms with van der Waals surface area (Å²) in [6.45, 7) is 2.48. The van der Waals surface area contributed by atoms with Crippen molar-refractivity contribution in [3.8, 4) is 0 Å². The van der Waals surface area contributed by atoms with Gasteiger partial charge in [0.05, 0.1) is 0 Å². The number of likely N-dealkylation sites (tertiary alicyclic amines) is 1. The van der Waals surface area contributed by atoms with Crippen LogP contribution in [0.3, 0.4) is 0 Å². The molecule has 98 valence electrons. The minimum Gasteiger partial charge on any atom is -0.384 e. The lowest BCUT2D eigenvalue weighted by molar-refractivity contribution is 0.0613. The fraction of sp³-hybridized carbons (Fsp3) is 0.500. The number of hydrogen-bond donors (Lipinski definition) is 0. The molecule has 0 N–H and O–H groups in total. The lowest BCUT2D eigenvalue weighted by Gasteiger charge is -2.31. The number of piperidine rings is 1. The van der Waals surface area contributed by atoms with Gasteiger partial charge in [0.2, 0.25) is 0 Å². The van der Waals surface area contributed by atoms with Crippen molar-refractivity contribution in [3.05, 3.63) is 34.3 Å². The molecule has 1 saturated heterocycles. The predicted molar refractivity (Wildman–Crippen MR) is 74.6 cm³/mol. The highest BCUT2D eigenvalue weighted by Gasteiger charge is 2.23. The molecule has 0 bridgehead atoms.